The zero-order valence-corrected chi connectivity index (χ0v) is 17.9. The lowest BCUT2D eigenvalue weighted by Gasteiger charge is -2.12. The Hall–Kier alpha value is -3.89. The van der Waals surface area contributed by atoms with Gasteiger partial charge in [0.2, 0.25) is 0 Å². The van der Waals surface area contributed by atoms with E-state index in [1.54, 1.807) is 30.3 Å². The summed E-state index contributed by atoms with van der Waals surface area (Å²) in [5.41, 5.74) is 9.25. The van der Waals surface area contributed by atoms with Crippen molar-refractivity contribution in [2.75, 3.05) is 17.2 Å². The van der Waals surface area contributed by atoms with Gasteiger partial charge in [0, 0.05) is 24.0 Å². The van der Waals surface area contributed by atoms with Gasteiger partial charge in [-0.05, 0) is 30.4 Å². The molecule has 0 bridgehead atoms. The molecular weight excluding hydrogens is 421 g/mol. The topological polar surface area (TPSA) is 147 Å². The highest BCUT2D eigenvalue weighted by molar-refractivity contribution is 6.58. The second-order valence-electron chi connectivity index (χ2n) is 7.95. The molecule has 6 N–H and O–H groups in total. The molecule has 0 fully saturated rings. The highest BCUT2D eigenvalue weighted by atomic mass is 16.4. The molecule has 0 aliphatic carbocycles. The van der Waals surface area contributed by atoms with E-state index in [1.165, 1.54) is 0 Å². The number of fused-ring (bicyclic) bond motifs is 2. The van der Waals surface area contributed by atoms with E-state index in [0.29, 0.717) is 46.1 Å². The minimum atomic E-state index is -1.52. The van der Waals surface area contributed by atoms with Crippen LogP contribution in [0.4, 0.5) is 11.6 Å². The Labute approximate surface area is 189 Å². The van der Waals surface area contributed by atoms with Crippen LogP contribution < -0.4 is 21.8 Å². The molecule has 10 heteroatoms. The van der Waals surface area contributed by atoms with Gasteiger partial charge >= 0.3 is 7.12 Å². The van der Waals surface area contributed by atoms with E-state index >= 15 is 0 Å². The number of carbonyl (C=O) groups excluding carboxylic acids is 1. The molecule has 0 saturated heterocycles. The average Bonchev–Trinajstić information content (AvgIpc) is 3.40. The number of nitrogens with zero attached hydrogens (tertiary/aromatic N) is 2. The standard InChI is InChI=1S/C23H22BN5O4/c1-12-18(15-6-3-7-16(20(25)30)19(15)33-12)23-28-21-17(8-9-26-21)22(29-23)27-11-13-4-2-5-14(10-13)24(31)32/h2-7,10,31-32H,8-9,11H2,1H3,(H2,25,30)(H2,26,27,28,29). The number of nitrogens with two attached hydrogens (primary N) is 1. The van der Waals surface area contributed by atoms with E-state index in [9.17, 15) is 14.8 Å². The van der Waals surface area contributed by atoms with Crippen molar-refractivity contribution in [3.8, 4) is 11.4 Å². The first-order valence-corrected chi connectivity index (χ1v) is 10.6. The quantitative estimate of drug-likeness (QED) is 0.282. The molecule has 0 unspecified atom stereocenters. The number of carbonyl (C=O) groups is 1. The number of anilines is 2. The van der Waals surface area contributed by atoms with Crippen molar-refractivity contribution < 1.29 is 19.3 Å². The fourth-order valence-corrected chi connectivity index (χ4v) is 4.19. The van der Waals surface area contributed by atoms with Gasteiger partial charge in [0.15, 0.2) is 5.82 Å². The Balaban J connectivity index is 1.56. The molecule has 2 aromatic heterocycles. The Bertz CT molecular complexity index is 1390. The Morgan fingerprint density at radius 1 is 1.24 bits per heavy atom. The summed E-state index contributed by atoms with van der Waals surface area (Å²) in [6.45, 7) is 3.01. The Morgan fingerprint density at radius 3 is 2.85 bits per heavy atom. The summed E-state index contributed by atoms with van der Waals surface area (Å²) in [5, 5.41) is 26.3. The van der Waals surface area contributed by atoms with Crippen LogP contribution in [0.3, 0.4) is 0 Å². The normalized spacial score (nSPS) is 12.5. The number of primary amides is 1. The van der Waals surface area contributed by atoms with Crippen molar-refractivity contribution in [2.24, 2.45) is 5.73 Å². The fraction of sp³-hybridized carbons (Fsp3) is 0.174. The lowest BCUT2D eigenvalue weighted by Crippen LogP contribution is -2.30. The predicted octanol–water partition coefficient (Wildman–Crippen LogP) is 1.56. The van der Waals surface area contributed by atoms with Gasteiger partial charge in [-0.1, -0.05) is 36.4 Å². The molecule has 2 aromatic carbocycles. The second kappa shape index (κ2) is 8.23. The molecule has 0 atom stereocenters. The number of furan rings is 1. The van der Waals surface area contributed by atoms with Crippen LogP contribution in [0.1, 0.15) is 27.2 Å². The molecule has 1 amide bonds. The molecule has 0 saturated carbocycles. The maximum Gasteiger partial charge on any atom is 0.488 e. The summed E-state index contributed by atoms with van der Waals surface area (Å²) < 4.78 is 5.90. The molecule has 1 aliphatic heterocycles. The summed E-state index contributed by atoms with van der Waals surface area (Å²) >= 11 is 0. The molecule has 1 aliphatic rings. The largest absolute Gasteiger partial charge is 0.488 e. The summed E-state index contributed by atoms with van der Waals surface area (Å²) in [4.78, 5) is 21.4. The van der Waals surface area contributed by atoms with Crippen molar-refractivity contribution in [1.29, 1.82) is 0 Å². The average molecular weight is 443 g/mol. The zero-order valence-electron chi connectivity index (χ0n) is 17.9. The van der Waals surface area contributed by atoms with Gasteiger partial charge < -0.3 is 30.8 Å². The monoisotopic (exact) mass is 443 g/mol. The number of aromatic nitrogens is 2. The summed E-state index contributed by atoms with van der Waals surface area (Å²) in [6, 6.07) is 12.3. The molecule has 4 aromatic rings. The van der Waals surface area contributed by atoms with Gasteiger partial charge in [0.25, 0.3) is 5.91 Å². The molecule has 5 rings (SSSR count). The number of hydrogen-bond donors (Lipinski definition) is 5. The third kappa shape index (κ3) is 3.79. The maximum absolute atomic E-state index is 11.8. The number of hydrogen-bond acceptors (Lipinski definition) is 8. The van der Waals surface area contributed by atoms with Gasteiger partial charge in [-0.3, -0.25) is 4.79 Å². The Morgan fingerprint density at radius 2 is 2.06 bits per heavy atom. The molecule has 0 spiro atoms. The van der Waals surface area contributed by atoms with Crippen molar-refractivity contribution in [2.45, 2.75) is 19.9 Å². The Kier molecular flexibility index (Phi) is 5.23. The summed E-state index contributed by atoms with van der Waals surface area (Å²) in [7, 11) is -1.52. The summed E-state index contributed by atoms with van der Waals surface area (Å²) in [6.07, 6.45) is 0.782. The van der Waals surface area contributed by atoms with Crippen LogP contribution in [0.5, 0.6) is 0 Å². The molecule has 33 heavy (non-hydrogen) atoms. The highest BCUT2D eigenvalue weighted by Crippen LogP contribution is 2.37. The third-order valence-electron chi connectivity index (χ3n) is 5.76. The van der Waals surface area contributed by atoms with E-state index in [0.717, 1.165) is 35.3 Å². The number of aryl methyl sites for hydroxylation is 1. The number of amides is 1. The van der Waals surface area contributed by atoms with Crippen LogP contribution in [0, 0.1) is 6.92 Å². The van der Waals surface area contributed by atoms with Crippen LogP contribution in [0.2, 0.25) is 0 Å². The number of para-hydroxylation sites is 1. The van der Waals surface area contributed by atoms with Crippen LogP contribution in [-0.2, 0) is 13.0 Å². The van der Waals surface area contributed by atoms with Crippen LogP contribution in [0.25, 0.3) is 22.4 Å². The van der Waals surface area contributed by atoms with E-state index in [2.05, 4.69) is 10.6 Å². The molecule has 9 nitrogen and oxygen atoms in total. The number of rotatable bonds is 6. The van der Waals surface area contributed by atoms with Crippen molar-refractivity contribution in [1.82, 2.24) is 9.97 Å². The third-order valence-corrected chi connectivity index (χ3v) is 5.76. The minimum absolute atomic E-state index is 0.311. The van der Waals surface area contributed by atoms with Crippen molar-refractivity contribution >= 4 is 41.1 Å². The van der Waals surface area contributed by atoms with E-state index < -0.39 is 13.0 Å². The fourth-order valence-electron chi connectivity index (χ4n) is 4.19. The lowest BCUT2D eigenvalue weighted by atomic mass is 9.79. The first kappa shape index (κ1) is 21.0. The maximum atomic E-state index is 11.8. The second-order valence-corrected chi connectivity index (χ2v) is 7.95. The van der Waals surface area contributed by atoms with Gasteiger partial charge in [-0.15, -0.1) is 0 Å². The molecular formula is C23H22BN5O4. The molecule has 3 heterocycles. The first-order valence-electron chi connectivity index (χ1n) is 10.6. The highest BCUT2D eigenvalue weighted by Gasteiger charge is 2.24. The van der Waals surface area contributed by atoms with E-state index in [1.807, 2.05) is 19.1 Å². The predicted molar refractivity (Wildman–Crippen MR) is 126 cm³/mol. The number of nitrogens with one attached hydrogen (secondary N) is 2. The van der Waals surface area contributed by atoms with Crippen LogP contribution >= 0.6 is 0 Å². The lowest BCUT2D eigenvalue weighted by molar-refractivity contribution is 0.100. The van der Waals surface area contributed by atoms with Gasteiger partial charge in [-0.25, -0.2) is 9.97 Å². The van der Waals surface area contributed by atoms with Crippen LogP contribution in [0.15, 0.2) is 46.9 Å². The summed E-state index contributed by atoms with van der Waals surface area (Å²) in [5.74, 6) is 1.95. The van der Waals surface area contributed by atoms with Crippen molar-refractivity contribution in [3.05, 3.63) is 64.9 Å². The van der Waals surface area contributed by atoms with Crippen LogP contribution in [-0.4, -0.2) is 39.6 Å². The first-order chi connectivity index (χ1) is 15.9. The zero-order chi connectivity index (χ0) is 23.1. The number of benzene rings is 2. The minimum Gasteiger partial charge on any atom is -0.460 e. The van der Waals surface area contributed by atoms with Gasteiger partial charge in [-0.2, -0.15) is 0 Å². The molecule has 0 radical (unpaired) electrons. The SMILES string of the molecule is Cc1oc2c(C(N)=O)cccc2c1-c1nc2c(c(NCc3cccc(B(O)O)c3)n1)CCN2. The van der Waals surface area contributed by atoms with E-state index in [-0.39, 0.29) is 0 Å². The van der Waals surface area contributed by atoms with Gasteiger partial charge in [0.05, 0.1) is 11.1 Å². The van der Waals surface area contributed by atoms with E-state index in [4.69, 9.17) is 20.1 Å². The molecule has 166 valence electrons. The van der Waals surface area contributed by atoms with Gasteiger partial charge in [0.1, 0.15) is 23.0 Å². The smallest absolute Gasteiger partial charge is 0.460 e. The van der Waals surface area contributed by atoms with Crippen molar-refractivity contribution in [3.63, 3.8) is 0 Å².